The third-order valence-corrected chi connectivity index (χ3v) is 12.7. The summed E-state index contributed by atoms with van der Waals surface area (Å²) in [6.45, 7) is 8.48. The van der Waals surface area contributed by atoms with Gasteiger partial charge < -0.3 is 26.3 Å². The summed E-state index contributed by atoms with van der Waals surface area (Å²) in [5.41, 5.74) is 6.63. The molecule has 0 aliphatic heterocycles. The molecule has 0 radical (unpaired) electrons. The SMILES string of the molecule is CC(C)[C@@H](C(=O)CCCC(N)=O)N(CC1CCCCCC1)C(=O)CNC(=O)C(Cc1cnc[nH]1)NC(=O)[C@H](Cc1ccccc1)CS(=O)(=O)C(C)(C)C. The summed E-state index contributed by atoms with van der Waals surface area (Å²) >= 11 is 0. The van der Waals surface area contributed by atoms with Gasteiger partial charge in [0.05, 0.1) is 35.3 Å². The number of ketones is 1. The third kappa shape index (κ3) is 14.0. The summed E-state index contributed by atoms with van der Waals surface area (Å²) in [7, 11) is -3.72. The molecule has 294 valence electrons. The van der Waals surface area contributed by atoms with Crippen molar-refractivity contribution in [2.45, 2.75) is 122 Å². The van der Waals surface area contributed by atoms with Crippen molar-refractivity contribution in [1.82, 2.24) is 25.5 Å². The van der Waals surface area contributed by atoms with E-state index in [9.17, 15) is 32.4 Å². The van der Waals surface area contributed by atoms with Gasteiger partial charge in [0.2, 0.25) is 23.6 Å². The van der Waals surface area contributed by atoms with E-state index in [4.69, 9.17) is 5.73 Å². The van der Waals surface area contributed by atoms with E-state index >= 15 is 0 Å². The van der Waals surface area contributed by atoms with Crippen LogP contribution >= 0.6 is 0 Å². The summed E-state index contributed by atoms with van der Waals surface area (Å²) in [5.74, 6) is -3.76. The highest BCUT2D eigenvalue weighted by Gasteiger charge is 2.37. The first-order chi connectivity index (χ1) is 25.0. The molecule has 3 atom stereocenters. The Bertz CT molecular complexity index is 1600. The summed E-state index contributed by atoms with van der Waals surface area (Å²) < 4.78 is 25.5. The van der Waals surface area contributed by atoms with Crippen LogP contribution in [0.4, 0.5) is 0 Å². The Morgan fingerprint density at radius 3 is 2.19 bits per heavy atom. The van der Waals surface area contributed by atoms with Gasteiger partial charge in [0.1, 0.15) is 6.04 Å². The molecule has 1 saturated carbocycles. The molecule has 1 aliphatic rings. The molecule has 4 amide bonds. The number of aromatic amines is 1. The van der Waals surface area contributed by atoms with Gasteiger partial charge in [0, 0.05) is 37.7 Å². The lowest BCUT2D eigenvalue weighted by Crippen LogP contribution is -2.55. The van der Waals surface area contributed by atoms with Gasteiger partial charge in [0.25, 0.3) is 0 Å². The maximum Gasteiger partial charge on any atom is 0.243 e. The number of rotatable bonds is 20. The number of nitrogens with two attached hydrogens (primary N) is 1. The highest BCUT2D eigenvalue weighted by Crippen LogP contribution is 2.27. The lowest BCUT2D eigenvalue weighted by Gasteiger charge is -2.36. The van der Waals surface area contributed by atoms with Gasteiger partial charge in [0.15, 0.2) is 15.6 Å². The van der Waals surface area contributed by atoms with Crippen molar-refractivity contribution in [3.05, 3.63) is 54.1 Å². The van der Waals surface area contributed by atoms with Gasteiger partial charge in [-0.2, -0.15) is 0 Å². The Morgan fingerprint density at radius 2 is 1.62 bits per heavy atom. The van der Waals surface area contributed by atoms with E-state index in [1.165, 1.54) is 12.5 Å². The van der Waals surface area contributed by atoms with E-state index in [1.54, 1.807) is 25.7 Å². The highest BCUT2D eigenvalue weighted by atomic mass is 32.2. The minimum absolute atomic E-state index is 0.00853. The van der Waals surface area contributed by atoms with E-state index in [1.807, 2.05) is 44.2 Å². The Balaban J connectivity index is 1.85. The molecule has 13 nitrogen and oxygen atoms in total. The second kappa shape index (κ2) is 20.4. The van der Waals surface area contributed by atoms with Crippen molar-refractivity contribution in [2.75, 3.05) is 18.8 Å². The fourth-order valence-corrected chi connectivity index (χ4v) is 8.13. The third-order valence-electron chi connectivity index (χ3n) is 9.97. The number of sulfone groups is 1. The predicted octanol–water partition coefficient (Wildman–Crippen LogP) is 3.67. The standard InChI is InChI=1S/C39H60N6O7S/c1-27(2)36(33(46)18-13-19-34(40)47)45(24-29-16-9-6-7-10-17-29)35(48)23-42-38(50)32(21-31-22-41-26-43-31)44-37(49)30(20-28-14-11-8-12-15-28)25-53(51,52)39(3,4)5/h8,11-12,14-15,22,26-27,29-30,32,36H,6-7,9-10,13,16-21,23-25H2,1-5H3,(H2,40,47)(H,41,43)(H,42,50)(H,44,49)/t30-,32?,36+/m1/s1. The quantitative estimate of drug-likeness (QED) is 0.147. The van der Waals surface area contributed by atoms with E-state index in [0.717, 1.165) is 44.1 Å². The lowest BCUT2D eigenvalue weighted by molar-refractivity contribution is -0.142. The van der Waals surface area contributed by atoms with Crippen molar-refractivity contribution in [2.24, 2.45) is 23.5 Å². The molecule has 0 bridgehead atoms. The number of nitrogens with one attached hydrogen (secondary N) is 3. The van der Waals surface area contributed by atoms with Gasteiger partial charge in [-0.1, -0.05) is 69.9 Å². The first-order valence-electron chi connectivity index (χ1n) is 18.9. The fraction of sp³-hybridized carbons (Fsp3) is 0.641. The molecule has 1 aliphatic carbocycles. The summed E-state index contributed by atoms with van der Waals surface area (Å²) in [4.78, 5) is 75.4. The van der Waals surface area contributed by atoms with Crippen molar-refractivity contribution < 1.29 is 32.4 Å². The van der Waals surface area contributed by atoms with Crippen LogP contribution in [0.5, 0.6) is 0 Å². The molecular formula is C39H60N6O7S. The van der Waals surface area contributed by atoms with Crippen molar-refractivity contribution in [3.63, 3.8) is 0 Å². The average Bonchev–Trinajstić information content (AvgIpc) is 3.46. The molecule has 1 aromatic heterocycles. The minimum atomic E-state index is -3.72. The lowest BCUT2D eigenvalue weighted by atomic mass is 9.92. The van der Waals surface area contributed by atoms with Crippen LogP contribution in [-0.2, 0) is 46.7 Å². The number of hydrogen-bond donors (Lipinski definition) is 4. The number of primary amides is 1. The Hall–Kier alpha value is -4.07. The number of carbonyl (C=O) groups excluding carboxylic acids is 5. The number of hydrogen-bond acceptors (Lipinski definition) is 8. The molecule has 0 spiro atoms. The van der Waals surface area contributed by atoms with Crippen LogP contribution in [-0.4, -0.2) is 88.4 Å². The number of carbonyl (C=O) groups is 5. The largest absolute Gasteiger partial charge is 0.370 e. The number of benzene rings is 1. The molecule has 2 aromatic rings. The molecule has 1 unspecified atom stereocenters. The van der Waals surface area contributed by atoms with Crippen molar-refractivity contribution in [3.8, 4) is 0 Å². The molecule has 1 aromatic carbocycles. The number of amides is 4. The van der Waals surface area contributed by atoms with E-state index < -0.39 is 68.5 Å². The van der Waals surface area contributed by atoms with Gasteiger partial charge >= 0.3 is 0 Å². The van der Waals surface area contributed by atoms with Crippen LogP contribution in [0.25, 0.3) is 0 Å². The van der Waals surface area contributed by atoms with Crippen molar-refractivity contribution in [1.29, 1.82) is 0 Å². The number of H-pyrrole nitrogens is 1. The first kappa shape index (κ1) is 43.3. The van der Waals surface area contributed by atoms with Crippen LogP contribution in [0, 0.1) is 17.8 Å². The zero-order valence-corrected chi connectivity index (χ0v) is 32.9. The molecule has 3 rings (SSSR count). The van der Waals surface area contributed by atoms with E-state index in [-0.39, 0.29) is 49.7 Å². The van der Waals surface area contributed by atoms with E-state index in [2.05, 4.69) is 20.6 Å². The number of aromatic nitrogens is 2. The second-order valence-electron chi connectivity index (χ2n) is 15.7. The number of Topliss-reactive ketones (excluding diaryl/α,β-unsaturated/α-hetero) is 1. The molecule has 1 fully saturated rings. The molecule has 14 heteroatoms. The topological polar surface area (TPSA) is 201 Å². The normalized spacial score (nSPS) is 15.9. The average molecular weight is 757 g/mol. The predicted molar refractivity (Wildman–Crippen MR) is 204 cm³/mol. The zero-order valence-electron chi connectivity index (χ0n) is 32.1. The monoisotopic (exact) mass is 756 g/mol. The van der Waals surface area contributed by atoms with Crippen molar-refractivity contribution >= 4 is 39.2 Å². The number of nitrogens with zero attached hydrogens (tertiary/aromatic N) is 2. The van der Waals surface area contributed by atoms with Crippen LogP contribution < -0.4 is 16.4 Å². The van der Waals surface area contributed by atoms with Gasteiger partial charge in [-0.15, -0.1) is 0 Å². The van der Waals surface area contributed by atoms with Gasteiger partial charge in [-0.05, 0) is 63.9 Å². The molecule has 0 saturated heterocycles. The molecule has 5 N–H and O–H groups in total. The molecule has 1 heterocycles. The molecular weight excluding hydrogens is 697 g/mol. The van der Waals surface area contributed by atoms with Crippen LogP contribution in [0.2, 0.25) is 0 Å². The molecule has 53 heavy (non-hydrogen) atoms. The summed E-state index contributed by atoms with van der Waals surface area (Å²) in [5, 5.41) is 5.50. The summed E-state index contributed by atoms with van der Waals surface area (Å²) in [6.07, 6.45) is 9.77. The minimum Gasteiger partial charge on any atom is -0.370 e. The van der Waals surface area contributed by atoms with Gasteiger partial charge in [-0.3, -0.25) is 24.0 Å². The van der Waals surface area contributed by atoms with Crippen LogP contribution in [0.3, 0.4) is 0 Å². The maximum absolute atomic E-state index is 14.1. The van der Waals surface area contributed by atoms with Gasteiger partial charge in [-0.25, -0.2) is 13.4 Å². The zero-order chi connectivity index (χ0) is 39.2. The van der Waals surface area contributed by atoms with Crippen LogP contribution in [0.1, 0.15) is 104 Å². The smallest absolute Gasteiger partial charge is 0.243 e. The second-order valence-corrected chi connectivity index (χ2v) is 18.5. The Kier molecular flexibility index (Phi) is 16.7. The van der Waals surface area contributed by atoms with Crippen LogP contribution in [0.15, 0.2) is 42.9 Å². The first-order valence-corrected chi connectivity index (χ1v) is 20.6. The Labute approximate surface area is 314 Å². The fourth-order valence-electron chi connectivity index (χ4n) is 6.83. The summed E-state index contributed by atoms with van der Waals surface area (Å²) in [6, 6.07) is 7.17. The van der Waals surface area contributed by atoms with E-state index in [0.29, 0.717) is 12.2 Å². The Morgan fingerprint density at radius 1 is 0.962 bits per heavy atom. The number of imidazole rings is 1. The highest BCUT2D eigenvalue weighted by molar-refractivity contribution is 7.92. The maximum atomic E-state index is 14.1.